The van der Waals surface area contributed by atoms with Gasteiger partial charge in [-0.25, -0.2) is 15.0 Å². The number of aromatic nitrogens is 5. The highest BCUT2D eigenvalue weighted by molar-refractivity contribution is 5.99. The standard InChI is InChI=1S/C20H18N6O/c1-11-17(19-21-8-9-26(19)2)25-18-12(4-3-5-15(18)23-11)16-10-13-14(24-16)6-7-22-20(13)27/h3-5,8-10,24H,6-7H2,1-2H3,(H,22,27). The number of imidazole rings is 1. The van der Waals surface area contributed by atoms with Gasteiger partial charge in [0.05, 0.1) is 22.3 Å². The van der Waals surface area contributed by atoms with Crippen LogP contribution in [0.15, 0.2) is 36.7 Å². The van der Waals surface area contributed by atoms with Crippen LogP contribution in [-0.2, 0) is 13.5 Å². The van der Waals surface area contributed by atoms with Gasteiger partial charge in [-0.3, -0.25) is 4.79 Å². The summed E-state index contributed by atoms with van der Waals surface area (Å²) in [6, 6.07) is 7.83. The molecule has 0 saturated heterocycles. The number of H-pyrrole nitrogens is 1. The van der Waals surface area contributed by atoms with E-state index in [1.807, 2.05) is 49.0 Å². The van der Waals surface area contributed by atoms with Gasteiger partial charge in [-0.15, -0.1) is 0 Å². The predicted octanol–water partition coefficient (Wildman–Crippen LogP) is 2.62. The lowest BCUT2D eigenvalue weighted by atomic mass is 10.1. The molecule has 0 aliphatic carbocycles. The van der Waals surface area contributed by atoms with Crippen molar-refractivity contribution in [3.05, 3.63) is 53.6 Å². The van der Waals surface area contributed by atoms with Crippen molar-refractivity contribution in [2.75, 3.05) is 6.54 Å². The highest BCUT2D eigenvalue weighted by Crippen LogP contribution is 2.31. The van der Waals surface area contributed by atoms with E-state index in [4.69, 9.17) is 9.97 Å². The van der Waals surface area contributed by atoms with Crippen LogP contribution in [0.1, 0.15) is 21.7 Å². The third-order valence-electron chi connectivity index (χ3n) is 5.00. The molecule has 0 unspecified atom stereocenters. The number of rotatable bonds is 2. The van der Waals surface area contributed by atoms with E-state index in [0.717, 1.165) is 51.6 Å². The molecule has 1 amide bonds. The van der Waals surface area contributed by atoms with Crippen LogP contribution in [0.5, 0.6) is 0 Å². The Morgan fingerprint density at radius 1 is 1.19 bits per heavy atom. The number of aromatic amines is 1. The summed E-state index contributed by atoms with van der Waals surface area (Å²) in [6.07, 6.45) is 4.45. The average molecular weight is 358 g/mol. The Balaban J connectivity index is 1.74. The van der Waals surface area contributed by atoms with Crippen LogP contribution < -0.4 is 5.32 Å². The number of carbonyl (C=O) groups excluding carboxylic acids is 1. The quantitative estimate of drug-likeness (QED) is 0.576. The first kappa shape index (κ1) is 15.7. The zero-order valence-electron chi connectivity index (χ0n) is 15.1. The second-order valence-corrected chi connectivity index (χ2v) is 6.77. The fraction of sp³-hybridized carbons (Fsp3) is 0.200. The third kappa shape index (κ3) is 2.43. The summed E-state index contributed by atoms with van der Waals surface area (Å²) < 4.78 is 1.93. The summed E-state index contributed by atoms with van der Waals surface area (Å²) in [6.45, 7) is 2.60. The largest absolute Gasteiger partial charge is 0.358 e. The SMILES string of the molecule is Cc1nc2cccc(-c3cc4c([nH]3)CCNC4=O)c2nc1-c1nccn1C. The number of aryl methyl sites for hydroxylation is 2. The van der Waals surface area contributed by atoms with Gasteiger partial charge in [0, 0.05) is 49.4 Å². The summed E-state index contributed by atoms with van der Waals surface area (Å²) in [5.41, 5.74) is 6.69. The number of fused-ring (bicyclic) bond motifs is 2. The average Bonchev–Trinajstić information content (AvgIpc) is 3.27. The van der Waals surface area contributed by atoms with Gasteiger partial charge < -0.3 is 14.9 Å². The Morgan fingerprint density at radius 2 is 2.07 bits per heavy atom. The van der Waals surface area contributed by atoms with Crippen molar-refractivity contribution in [2.24, 2.45) is 7.05 Å². The fourth-order valence-corrected chi connectivity index (χ4v) is 3.63. The second-order valence-electron chi connectivity index (χ2n) is 6.77. The highest BCUT2D eigenvalue weighted by atomic mass is 16.1. The predicted molar refractivity (Wildman–Crippen MR) is 102 cm³/mol. The van der Waals surface area contributed by atoms with Gasteiger partial charge in [-0.2, -0.15) is 0 Å². The van der Waals surface area contributed by atoms with Crippen LogP contribution in [0.3, 0.4) is 0 Å². The van der Waals surface area contributed by atoms with Crippen molar-refractivity contribution in [3.63, 3.8) is 0 Å². The van der Waals surface area contributed by atoms with Crippen LogP contribution in [-0.4, -0.2) is 37.0 Å². The van der Waals surface area contributed by atoms with Gasteiger partial charge in [0.2, 0.25) is 0 Å². The number of nitrogens with one attached hydrogen (secondary N) is 2. The van der Waals surface area contributed by atoms with Gasteiger partial charge >= 0.3 is 0 Å². The maximum Gasteiger partial charge on any atom is 0.253 e. The van der Waals surface area contributed by atoms with Crippen LogP contribution in [0.25, 0.3) is 33.8 Å². The molecule has 4 aromatic rings. The molecule has 5 rings (SSSR count). The lowest BCUT2D eigenvalue weighted by Gasteiger charge is -2.11. The normalized spacial score (nSPS) is 13.6. The summed E-state index contributed by atoms with van der Waals surface area (Å²) in [4.78, 5) is 29.6. The number of hydrogen-bond acceptors (Lipinski definition) is 4. The minimum atomic E-state index is -0.0328. The van der Waals surface area contributed by atoms with Gasteiger partial charge in [0.1, 0.15) is 5.69 Å². The summed E-state index contributed by atoms with van der Waals surface area (Å²) >= 11 is 0. The molecule has 0 radical (unpaired) electrons. The van der Waals surface area contributed by atoms with Crippen LogP contribution in [0.4, 0.5) is 0 Å². The maximum absolute atomic E-state index is 12.1. The molecule has 0 spiro atoms. The molecule has 0 bridgehead atoms. The minimum absolute atomic E-state index is 0.0328. The van der Waals surface area contributed by atoms with Crippen molar-refractivity contribution in [1.29, 1.82) is 0 Å². The van der Waals surface area contributed by atoms with E-state index < -0.39 is 0 Å². The van der Waals surface area contributed by atoms with Gasteiger partial charge in [-0.1, -0.05) is 12.1 Å². The molecule has 0 atom stereocenters. The molecule has 0 fully saturated rings. The first-order valence-electron chi connectivity index (χ1n) is 8.87. The van der Waals surface area contributed by atoms with E-state index in [9.17, 15) is 4.79 Å². The lowest BCUT2D eigenvalue weighted by molar-refractivity contribution is 0.0946. The van der Waals surface area contributed by atoms with Gasteiger partial charge in [0.25, 0.3) is 5.91 Å². The van der Waals surface area contributed by atoms with E-state index in [1.54, 1.807) is 6.20 Å². The summed E-state index contributed by atoms with van der Waals surface area (Å²) in [5.74, 6) is 0.747. The van der Waals surface area contributed by atoms with E-state index in [2.05, 4.69) is 15.3 Å². The first-order valence-corrected chi connectivity index (χ1v) is 8.87. The molecule has 3 aromatic heterocycles. The highest BCUT2D eigenvalue weighted by Gasteiger charge is 2.21. The van der Waals surface area contributed by atoms with E-state index in [-0.39, 0.29) is 5.91 Å². The molecule has 27 heavy (non-hydrogen) atoms. The number of benzene rings is 1. The third-order valence-corrected chi connectivity index (χ3v) is 5.00. The molecule has 1 aromatic carbocycles. The van der Waals surface area contributed by atoms with Crippen molar-refractivity contribution >= 4 is 16.9 Å². The number of para-hydroxylation sites is 1. The number of hydrogen-bond donors (Lipinski definition) is 2. The molecule has 1 aliphatic heterocycles. The molecule has 0 saturated carbocycles. The zero-order chi connectivity index (χ0) is 18.5. The first-order chi connectivity index (χ1) is 13.1. The molecule has 7 heteroatoms. The van der Waals surface area contributed by atoms with E-state index >= 15 is 0 Å². The number of carbonyl (C=O) groups is 1. The Kier molecular flexibility index (Phi) is 3.36. The lowest BCUT2D eigenvalue weighted by Crippen LogP contribution is -2.31. The van der Waals surface area contributed by atoms with Crippen molar-refractivity contribution < 1.29 is 4.79 Å². The van der Waals surface area contributed by atoms with Gasteiger partial charge in [-0.05, 0) is 19.1 Å². The Labute approximate surface area is 155 Å². The molecule has 4 heterocycles. The van der Waals surface area contributed by atoms with Crippen LogP contribution >= 0.6 is 0 Å². The van der Waals surface area contributed by atoms with Gasteiger partial charge in [0.15, 0.2) is 5.82 Å². The Morgan fingerprint density at radius 3 is 2.85 bits per heavy atom. The van der Waals surface area contributed by atoms with E-state index in [0.29, 0.717) is 12.1 Å². The minimum Gasteiger partial charge on any atom is -0.358 e. The molecular formula is C20H18N6O. The molecule has 1 aliphatic rings. The topological polar surface area (TPSA) is 88.5 Å². The second kappa shape index (κ2) is 5.77. The number of amides is 1. The van der Waals surface area contributed by atoms with E-state index in [1.165, 1.54) is 0 Å². The Bertz CT molecular complexity index is 1200. The van der Waals surface area contributed by atoms with Crippen molar-refractivity contribution in [1.82, 2.24) is 29.8 Å². The molecule has 134 valence electrons. The number of nitrogens with zero attached hydrogens (tertiary/aromatic N) is 4. The molecule has 2 N–H and O–H groups in total. The van der Waals surface area contributed by atoms with Crippen molar-refractivity contribution in [2.45, 2.75) is 13.3 Å². The summed E-state index contributed by atoms with van der Waals surface area (Å²) in [5, 5.41) is 2.88. The maximum atomic E-state index is 12.1. The monoisotopic (exact) mass is 358 g/mol. The molecule has 7 nitrogen and oxygen atoms in total. The zero-order valence-corrected chi connectivity index (χ0v) is 15.1. The van der Waals surface area contributed by atoms with Crippen LogP contribution in [0, 0.1) is 6.92 Å². The Hall–Kier alpha value is -3.48. The molecular weight excluding hydrogens is 340 g/mol. The van der Waals surface area contributed by atoms with Crippen LogP contribution in [0.2, 0.25) is 0 Å². The fourth-order valence-electron chi connectivity index (χ4n) is 3.63. The van der Waals surface area contributed by atoms with Crippen molar-refractivity contribution in [3.8, 4) is 22.8 Å². The smallest absolute Gasteiger partial charge is 0.253 e. The summed E-state index contributed by atoms with van der Waals surface area (Å²) in [7, 11) is 1.94.